The van der Waals surface area contributed by atoms with Gasteiger partial charge in [0.25, 0.3) is 0 Å². The van der Waals surface area contributed by atoms with Crippen molar-refractivity contribution in [3.8, 4) is 33.0 Å². The molecule has 3 N–H and O–H groups in total. The number of rotatable bonds is 5. The molecule has 144 valence electrons. The number of carboxylic acids is 1. The maximum Gasteiger partial charge on any atom is 0.336 e. The Labute approximate surface area is 169 Å². The Morgan fingerprint density at radius 2 is 1.69 bits per heavy atom. The normalized spacial score (nSPS) is 10.7. The summed E-state index contributed by atoms with van der Waals surface area (Å²) in [7, 11) is 0. The Morgan fingerprint density at radius 1 is 0.966 bits per heavy atom. The lowest BCUT2D eigenvalue weighted by molar-refractivity contribution is 0.0697. The van der Waals surface area contributed by atoms with Crippen molar-refractivity contribution in [3.63, 3.8) is 0 Å². The first kappa shape index (κ1) is 18.8. The van der Waals surface area contributed by atoms with Crippen LogP contribution in [-0.4, -0.2) is 21.3 Å². The van der Waals surface area contributed by atoms with Crippen LogP contribution in [0.3, 0.4) is 0 Å². The Hall–Kier alpha value is -3.55. The number of nitrogens with one attached hydrogen (secondary N) is 1. The van der Waals surface area contributed by atoms with Gasteiger partial charge in [-0.1, -0.05) is 42.5 Å². The Kier molecular flexibility index (Phi) is 5.07. The van der Waals surface area contributed by atoms with Gasteiger partial charge >= 0.3 is 5.97 Å². The Bertz CT molecular complexity index is 1210. The molecule has 0 atom stereocenters. The van der Waals surface area contributed by atoms with Crippen molar-refractivity contribution < 1.29 is 19.5 Å². The van der Waals surface area contributed by atoms with Crippen molar-refractivity contribution in [2.45, 2.75) is 0 Å². The summed E-state index contributed by atoms with van der Waals surface area (Å²) < 4.78 is 14.0. The fourth-order valence-corrected chi connectivity index (χ4v) is 3.92. The first-order valence-corrected chi connectivity index (χ1v) is 9.54. The molecule has 29 heavy (non-hydrogen) atoms. The zero-order valence-electron chi connectivity index (χ0n) is 15.0. The van der Waals surface area contributed by atoms with E-state index in [1.165, 1.54) is 23.5 Å². The molecule has 0 spiro atoms. The van der Waals surface area contributed by atoms with E-state index in [9.17, 15) is 19.5 Å². The third-order valence-corrected chi connectivity index (χ3v) is 5.38. The van der Waals surface area contributed by atoms with Gasteiger partial charge in [0.05, 0.1) is 16.9 Å². The number of thiazole rings is 1. The molecule has 4 rings (SSSR count). The number of hydrogen-bond acceptors (Lipinski definition) is 5. The van der Waals surface area contributed by atoms with Crippen LogP contribution in [0.4, 0.5) is 10.1 Å². The van der Waals surface area contributed by atoms with Gasteiger partial charge < -0.3 is 5.11 Å². The van der Waals surface area contributed by atoms with Crippen molar-refractivity contribution in [1.29, 1.82) is 0 Å². The molecule has 0 aliphatic heterocycles. The van der Waals surface area contributed by atoms with Crippen molar-refractivity contribution in [1.82, 2.24) is 4.98 Å². The fraction of sp³-hybridized carbons (Fsp3) is 0. The number of halogens is 1. The molecular weight excluding hydrogens is 391 g/mol. The Morgan fingerprint density at radius 3 is 2.41 bits per heavy atom. The van der Waals surface area contributed by atoms with Gasteiger partial charge in [0, 0.05) is 22.1 Å². The summed E-state index contributed by atoms with van der Waals surface area (Å²) in [5, 5.41) is 21.4. The summed E-state index contributed by atoms with van der Waals surface area (Å²) >= 11 is 1.31. The highest BCUT2D eigenvalue weighted by molar-refractivity contribution is 7.13. The highest BCUT2D eigenvalue weighted by atomic mass is 32.1. The summed E-state index contributed by atoms with van der Waals surface area (Å²) in [6.07, 6.45) is 0. The summed E-state index contributed by atoms with van der Waals surface area (Å²) in [6.45, 7) is 0. The first-order valence-electron chi connectivity index (χ1n) is 8.66. The van der Waals surface area contributed by atoms with Crippen LogP contribution < -0.4 is 5.48 Å². The third kappa shape index (κ3) is 3.61. The van der Waals surface area contributed by atoms with Crippen LogP contribution in [0.1, 0.15) is 10.4 Å². The third-order valence-electron chi connectivity index (χ3n) is 4.49. The largest absolute Gasteiger partial charge is 0.478 e. The van der Waals surface area contributed by atoms with Gasteiger partial charge in [0.2, 0.25) is 0 Å². The highest BCUT2D eigenvalue weighted by Gasteiger charge is 2.17. The van der Waals surface area contributed by atoms with Crippen LogP contribution in [0.25, 0.3) is 33.0 Å². The number of aromatic nitrogens is 1. The zero-order chi connectivity index (χ0) is 20.4. The van der Waals surface area contributed by atoms with E-state index in [0.717, 1.165) is 0 Å². The number of hydrogen-bond donors (Lipinski definition) is 3. The standard InChI is InChI=1S/C22H15FN2O3S/c23-18-7-3-1-6-16(18)20-12-29-21(24-20)13-9-10-14(17(11-13)22(26)27)15-5-2-4-8-19(15)25-28/h1-12,25,28H,(H,26,27). The molecule has 0 bridgehead atoms. The van der Waals surface area contributed by atoms with Crippen LogP contribution in [-0.2, 0) is 0 Å². The van der Waals surface area contributed by atoms with E-state index in [2.05, 4.69) is 10.5 Å². The minimum atomic E-state index is -1.10. The van der Waals surface area contributed by atoms with Crippen LogP contribution in [0.15, 0.2) is 72.1 Å². The SMILES string of the molecule is O=C(O)c1cc(-c2nc(-c3ccccc3F)cs2)ccc1-c1ccccc1NO. The second kappa shape index (κ2) is 7.83. The van der Waals surface area contributed by atoms with Gasteiger partial charge in [-0.3, -0.25) is 10.7 Å². The molecule has 0 unspecified atom stereocenters. The average molecular weight is 406 g/mol. The van der Waals surface area contributed by atoms with Gasteiger partial charge in [0.1, 0.15) is 10.8 Å². The topological polar surface area (TPSA) is 82.5 Å². The summed E-state index contributed by atoms with van der Waals surface area (Å²) in [5.74, 6) is -1.46. The molecule has 0 aliphatic rings. The van der Waals surface area contributed by atoms with E-state index in [1.54, 1.807) is 60.0 Å². The van der Waals surface area contributed by atoms with Crippen molar-refractivity contribution >= 4 is 23.0 Å². The summed E-state index contributed by atoms with van der Waals surface area (Å²) in [5.41, 5.74) is 5.11. The Balaban J connectivity index is 1.78. The minimum Gasteiger partial charge on any atom is -0.478 e. The number of aromatic carboxylic acids is 1. The van der Waals surface area contributed by atoms with Crippen molar-refractivity contribution in [2.75, 3.05) is 5.48 Å². The molecule has 3 aromatic carbocycles. The lowest BCUT2D eigenvalue weighted by atomic mass is 9.96. The lowest BCUT2D eigenvalue weighted by Crippen LogP contribution is -2.02. The van der Waals surface area contributed by atoms with Gasteiger partial charge in [-0.25, -0.2) is 14.2 Å². The lowest BCUT2D eigenvalue weighted by Gasteiger charge is -2.12. The van der Waals surface area contributed by atoms with Crippen molar-refractivity contribution in [2.24, 2.45) is 0 Å². The molecule has 0 radical (unpaired) electrons. The van der Waals surface area contributed by atoms with Crippen LogP contribution in [0, 0.1) is 5.82 Å². The van der Waals surface area contributed by atoms with Crippen LogP contribution in [0.5, 0.6) is 0 Å². The zero-order valence-corrected chi connectivity index (χ0v) is 15.8. The van der Waals surface area contributed by atoms with E-state index in [4.69, 9.17) is 0 Å². The van der Waals surface area contributed by atoms with Gasteiger partial charge in [0.15, 0.2) is 0 Å². The molecular formula is C22H15FN2O3S. The summed E-state index contributed by atoms with van der Waals surface area (Å²) in [4.78, 5) is 16.4. The molecule has 1 heterocycles. The monoisotopic (exact) mass is 406 g/mol. The van der Waals surface area contributed by atoms with E-state index in [1.807, 2.05) is 0 Å². The number of para-hydroxylation sites is 1. The van der Waals surface area contributed by atoms with Crippen LogP contribution >= 0.6 is 11.3 Å². The number of carbonyl (C=O) groups is 1. The maximum atomic E-state index is 14.0. The fourth-order valence-electron chi connectivity index (χ4n) is 3.10. The minimum absolute atomic E-state index is 0.0767. The summed E-state index contributed by atoms with van der Waals surface area (Å²) in [6, 6.07) is 18.2. The first-order chi connectivity index (χ1) is 14.1. The van der Waals surface area contributed by atoms with E-state index < -0.39 is 5.97 Å². The molecule has 7 heteroatoms. The average Bonchev–Trinajstić information content (AvgIpc) is 3.23. The quantitative estimate of drug-likeness (QED) is 0.366. The van der Waals surface area contributed by atoms with Gasteiger partial charge in [-0.2, -0.15) is 0 Å². The molecule has 4 aromatic rings. The smallest absolute Gasteiger partial charge is 0.336 e. The molecule has 0 amide bonds. The molecule has 0 saturated heterocycles. The molecule has 5 nitrogen and oxygen atoms in total. The molecule has 1 aromatic heterocycles. The maximum absolute atomic E-state index is 14.0. The van der Waals surface area contributed by atoms with Crippen LogP contribution in [0.2, 0.25) is 0 Å². The number of benzene rings is 3. The molecule has 0 saturated carbocycles. The molecule has 0 aliphatic carbocycles. The number of carboxylic acid groups (broad SMARTS) is 1. The molecule has 0 fully saturated rings. The predicted molar refractivity (Wildman–Crippen MR) is 111 cm³/mol. The van der Waals surface area contributed by atoms with E-state index in [-0.39, 0.29) is 11.4 Å². The van der Waals surface area contributed by atoms with Gasteiger partial charge in [-0.15, -0.1) is 11.3 Å². The predicted octanol–water partition coefficient (Wildman–Crippen LogP) is 5.78. The second-order valence-corrected chi connectivity index (χ2v) is 7.10. The van der Waals surface area contributed by atoms with Gasteiger partial charge in [-0.05, 0) is 29.8 Å². The number of anilines is 1. The highest BCUT2D eigenvalue weighted by Crippen LogP contribution is 2.35. The van der Waals surface area contributed by atoms with E-state index >= 15 is 0 Å². The van der Waals surface area contributed by atoms with E-state index in [0.29, 0.717) is 38.6 Å². The van der Waals surface area contributed by atoms with Crippen molar-refractivity contribution in [3.05, 3.63) is 83.5 Å². The second-order valence-electron chi connectivity index (χ2n) is 6.24. The number of nitrogens with zero attached hydrogens (tertiary/aromatic N) is 1.